The van der Waals surface area contributed by atoms with Crippen LogP contribution in [0, 0.1) is 6.92 Å². The summed E-state index contributed by atoms with van der Waals surface area (Å²) in [6.45, 7) is 3.91. The molecule has 178 valence electrons. The fourth-order valence-electron chi connectivity index (χ4n) is 4.33. The fraction of sp³-hybridized carbons (Fsp3) is 0.296. The molecule has 6 nitrogen and oxygen atoms in total. The molecule has 0 radical (unpaired) electrons. The minimum atomic E-state index is -3.67. The Morgan fingerprint density at radius 3 is 2.44 bits per heavy atom. The first-order chi connectivity index (χ1) is 16.4. The molecule has 0 heterocycles. The van der Waals surface area contributed by atoms with E-state index in [1.165, 1.54) is 15.4 Å². The van der Waals surface area contributed by atoms with Gasteiger partial charge in [-0.3, -0.25) is 9.10 Å². The summed E-state index contributed by atoms with van der Waals surface area (Å²) in [7, 11) is -3.67. The van der Waals surface area contributed by atoms with E-state index >= 15 is 0 Å². The second-order valence-corrected chi connectivity index (χ2v) is 10.3. The molecule has 0 unspecified atom stereocenters. The standard InChI is InChI=1S/C27H30N2O4S/c1-3-29(34(31,32)24-17-11-20(2)12-18-24)22-13-15-23(16-14-22)33-19-27(30)28-26-10-6-8-21-7-4-5-9-25(21)26/h4-5,7,9,11-18,26H,3,6,8,10,19H2,1-2H3,(H,28,30)/t26-/m0/s1. The van der Waals surface area contributed by atoms with Gasteiger partial charge in [-0.2, -0.15) is 0 Å². The normalized spacial score (nSPS) is 15.3. The van der Waals surface area contributed by atoms with Crippen molar-refractivity contribution in [1.82, 2.24) is 5.32 Å². The van der Waals surface area contributed by atoms with Crippen LogP contribution in [-0.4, -0.2) is 27.5 Å². The number of rotatable bonds is 8. The molecule has 0 aromatic heterocycles. The van der Waals surface area contributed by atoms with Gasteiger partial charge in [-0.15, -0.1) is 0 Å². The second-order valence-electron chi connectivity index (χ2n) is 8.48. The zero-order valence-corrected chi connectivity index (χ0v) is 20.3. The van der Waals surface area contributed by atoms with Gasteiger partial charge in [-0.05, 0) is 80.6 Å². The van der Waals surface area contributed by atoms with Gasteiger partial charge in [0, 0.05) is 6.54 Å². The van der Waals surface area contributed by atoms with Gasteiger partial charge in [0.15, 0.2) is 6.61 Å². The van der Waals surface area contributed by atoms with Crippen molar-refractivity contribution < 1.29 is 17.9 Å². The first kappa shape index (κ1) is 23.8. The molecule has 1 atom stereocenters. The minimum Gasteiger partial charge on any atom is -0.484 e. The molecule has 3 aromatic carbocycles. The van der Waals surface area contributed by atoms with Crippen molar-refractivity contribution in [3.63, 3.8) is 0 Å². The first-order valence-corrected chi connectivity index (χ1v) is 13.0. The molecule has 0 saturated heterocycles. The number of sulfonamides is 1. The number of nitrogens with zero attached hydrogens (tertiary/aromatic N) is 1. The Morgan fingerprint density at radius 1 is 1.03 bits per heavy atom. The molecule has 1 amide bonds. The lowest BCUT2D eigenvalue weighted by molar-refractivity contribution is -0.123. The molecule has 0 aliphatic heterocycles. The average molecular weight is 479 g/mol. The minimum absolute atomic E-state index is 0.00789. The van der Waals surface area contributed by atoms with E-state index < -0.39 is 10.0 Å². The molecule has 1 aliphatic rings. The molecule has 1 aliphatic carbocycles. The van der Waals surface area contributed by atoms with E-state index in [4.69, 9.17) is 4.74 Å². The van der Waals surface area contributed by atoms with E-state index in [0.717, 1.165) is 24.8 Å². The Labute approximate surface area is 201 Å². The number of hydrogen-bond donors (Lipinski definition) is 1. The number of carbonyl (C=O) groups excluding carboxylic acids is 1. The van der Waals surface area contributed by atoms with Crippen molar-refractivity contribution in [2.75, 3.05) is 17.5 Å². The summed E-state index contributed by atoms with van der Waals surface area (Å²) in [4.78, 5) is 12.8. The highest BCUT2D eigenvalue weighted by molar-refractivity contribution is 7.92. The van der Waals surface area contributed by atoms with E-state index in [0.29, 0.717) is 18.0 Å². The fourth-order valence-corrected chi connectivity index (χ4v) is 5.80. The Morgan fingerprint density at radius 2 is 1.74 bits per heavy atom. The quantitative estimate of drug-likeness (QED) is 0.505. The zero-order chi connectivity index (χ0) is 24.1. The summed E-state index contributed by atoms with van der Waals surface area (Å²) < 4.78 is 33.2. The Balaban J connectivity index is 1.38. The largest absolute Gasteiger partial charge is 0.484 e. The van der Waals surface area contributed by atoms with Gasteiger partial charge >= 0.3 is 0 Å². The summed E-state index contributed by atoms with van der Waals surface area (Å²) in [5.74, 6) is 0.328. The lowest BCUT2D eigenvalue weighted by atomic mass is 9.88. The SMILES string of the molecule is CCN(c1ccc(OCC(=O)N[C@H]2CCCc3ccccc32)cc1)S(=O)(=O)c1ccc(C)cc1. The molecule has 0 bridgehead atoms. The smallest absolute Gasteiger partial charge is 0.264 e. The number of hydrogen-bond acceptors (Lipinski definition) is 4. The molecule has 0 fully saturated rings. The summed E-state index contributed by atoms with van der Waals surface area (Å²) in [6, 6.07) is 21.8. The van der Waals surface area contributed by atoms with Crippen molar-refractivity contribution in [2.24, 2.45) is 0 Å². The molecular formula is C27H30N2O4S. The second kappa shape index (κ2) is 10.3. The van der Waals surface area contributed by atoms with Crippen LogP contribution in [0.4, 0.5) is 5.69 Å². The zero-order valence-electron chi connectivity index (χ0n) is 19.5. The van der Waals surface area contributed by atoms with Crippen LogP contribution in [0.1, 0.15) is 42.5 Å². The monoisotopic (exact) mass is 478 g/mol. The van der Waals surface area contributed by atoms with Gasteiger partial charge in [0.1, 0.15) is 5.75 Å². The number of anilines is 1. The Kier molecular flexibility index (Phi) is 7.22. The van der Waals surface area contributed by atoms with Crippen molar-refractivity contribution in [1.29, 1.82) is 0 Å². The third kappa shape index (κ3) is 5.25. The third-order valence-electron chi connectivity index (χ3n) is 6.10. The highest BCUT2D eigenvalue weighted by Crippen LogP contribution is 2.29. The van der Waals surface area contributed by atoms with Crippen LogP contribution in [0.3, 0.4) is 0 Å². The number of aryl methyl sites for hydroxylation is 2. The predicted octanol–water partition coefficient (Wildman–Crippen LogP) is 4.78. The van der Waals surface area contributed by atoms with E-state index in [1.54, 1.807) is 55.5 Å². The maximum absolute atomic E-state index is 13.1. The lowest BCUT2D eigenvalue weighted by Gasteiger charge is -2.26. The number of fused-ring (bicyclic) bond motifs is 1. The third-order valence-corrected chi connectivity index (χ3v) is 8.01. The summed E-state index contributed by atoms with van der Waals surface area (Å²) in [6.07, 6.45) is 3.00. The van der Waals surface area contributed by atoms with E-state index in [2.05, 4.69) is 17.4 Å². The highest BCUT2D eigenvalue weighted by atomic mass is 32.2. The van der Waals surface area contributed by atoms with Crippen LogP contribution in [0.25, 0.3) is 0 Å². The molecule has 0 saturated carbocycles. The lowest BCUT2D eigenvalue weighted by Crippen LogP contribution is -2.34. The summed E-state index contributed by atoms with van der Waals surface area (Å²) >= 11 is 0. The highest BCUT2D eigenvalue weighted by Gasteiger charge is 2.24. The van der Waals surface area contributed by atoms with Crippen LogP contribution in [0.2, 0.25) is 0 Å². The van der Waals surface area contributed by atoms with Gasteiger partial charge in [0.05, 0.1) is 16.6 Å². The summed E-state index contributed by atoms with van der Waals surface area (Å²) in [5, 5.41) is 3.07. The summed E-state index contributed by atoms with van der Waals surface area (Å²) in [5.41, 5.74) is 4.01. The van der Waals surface area contributed by atoms with Crippen LogP contribution in [0.5, 0.6) is 5.75 Å². The van der Waals surface area contributed by atoms with Gasteiger partial charge in [0.2, 0.25) is 0 Å². The number of nitrogens with one attached hydrogen (secondary N) is 1. The molecule has 0 spiro atoms. The van der Waals surface area contributed by atoms with Gasteiger partial charge in [0.25, 0.3) is 15.9 Å². The van der Waals surface area contributed by atoms with E-state index in [1.807, 2.05) is 19.1 Å². The first-order valence-electron chi connectivity index (χ1n) is 11.6. The Hall–Kier alpha value is -3.32. The molecule has 34 heavy (non-hydrogen) atoms. The number of ether oxygens (including phenoxy) is 1. The Bertz CT molecular complexity index is 1240. The maximum atomic E-state index is 13.1. The van der Waals surface area contributed by atoms with Crippen molar-refractivity contribution in [2.45, 2.75) is 44.0 Å². The molecular weight excluding hydrogens is 448 g/mol. The van der Waals surface area contributed by atoms with E-state index in [-0.39, 0.29) is 23.5 Å². The number of benzene rings is 3. The molecule has 7 heteroatoms. The van der Waals surface area contributed by atoms with Crippen molar-refractivity contribution >= 4 is 21.6 Å². The number of carbonyl (C=O) groups is 1. The van der Waals surface area contributed by atoms with E-state index in [9.17, 15) is 13.2 Å². The average Bonchev–Trinajstić information content (AvgIpc) is 2.84. The predicted molar refractivity (Wildman–Crippen MR) is 134 cm³/mol. The molecule has 4 rings (SSSR count). The van der Waals surface area contributed by atoms with Gasteiger partial charge in [-0.25, -0.2) is 8.42 Å². The van der Waals surface area contributed by atoms with Crippen molar-refractivity contribution in [3.8, 4) is 5.75 Å². The maximum Gasteiger partial charge on any atom is 0.264 e. The van der Waals surface area contributed by atoms with Gasteiger partial charge in [-0.1, -0.05) is 42.0 Å². The van der Waals surface area contributed by atoms with Crippen LogP contribution >= 0.6 is 0 Å². The topological polar surface area (TPSA) is 75.7 Å². The van der Waals surface area contributed by atoms with Crippen LogP contribution < -0.4 is 14.4 Å². The molecule has 3 aromatic rings. The number of amides is 1. The van der Waals surface area contributed by atoms with Crippen LogP contribution in [-0.2, 0) is 21.2 Å². The van der Waals surface area contributed by atoms with Crippen LogP contribution in [0.15, 0.2) is 77.7 Å². The van der Waals surface area contributed by atoms with Gasteiger partial charge < -0.3 is 10.1 Å². The van der Waals surface area contributed by atoms with Crippen molar-refractivity contribution in [3.05, 3.63) is 89.5 Å². The molecule has 1 N–H and O–H groups in total.